The minimum atomic E-state index is 0.235. The molecule has 22 heavy (non-hydrogen) atoms. The monoisotopic (exact) mass is 302 g/mol. The molecule has 6 nitrogen and oxygen atoms in total. The Morgan fingerprint density at radius 2 is 2.18 bits per heavy atom. The van der Waals surface area contributed by atoms with Crippen molar-refractivity contribution >= 4 is 11.3 Å². The molecule has 2 aromatic rings. The van der Waals surface area contributed by atoms with E-state index in [4.69, 9.17) is 0 Å². The van der Waals surface area contributed by atoms with Gasteiger partial charge in [0.05, 0.1) is 11.4 Å². The molecule has 3 heterocycles. The van der Waals surface area contributed by atoms with Crippen LogP contribution in [-0.2, 0) is 6.42 Å². The maximum Gasteiger partial charge on any atom is 0.200 e. The van der Waals surface area contributed by atoms with E-state index in [-0.39, 0.29) is 5.54 Å². The molecule has 0 radical (unpaired) electrons. The molecule has 0 amide bonds. The minimum Gasteiger partial charge on any atom is -0.371 e. The Labute approximate surface area is 132 Å². The van der Waals surface area contributed by atoms with Gasteiger partial charge in [-0.15, -0.1) is 10.2 Å². The molecule has 120 valence electrons. The summed E-state index contributed by atoms with van der Waals surface area (Å²) in [4.78, 5) is 4.78. The first kappa shape index (κ1) is 15.2. The molecule has 6 heteroatoms. The molecule has 0 bridgehead atoms. The van der Waals surface area contributed by atoms with Gasteiger partial charge in [-0.1, -0.05) is 6.92 Å². The lowest BCUT2D eigenvalue weighted by Crippen LogP contribution is -2.43. The van der Waals surface area contributed by atoms with Crippen LogP contribution in [0.4, 0.5) is 5.69 Å². The average Bonchev–Trinajstić information content (AvgIpc) is 3.05. The lowest BCUT2D eigenvalue weighted by atomic mass is 9.88. The van der Waals surface area contributed by atoms with Gasteiger partial charge in [0.15, 0.2) is 0 Å². The van der Waals surface area contributed by atoms with E-state index in [9.17, 15) is 0 Å². The Hall–Kier alpha value is -1.69. The first-order chi connectivity index (χ1) is 10.4. The summed E-state index contributed by atoms with van der Waals surface area (Å²) in [6.07, 6.45) is 3.83. The van der Waals surface area contributed by atoms with Crippen LogP contribution in [0.25, 0.3) is 5.65 Å². The van der Waals surface area contributed by atoms with Gasteiger partial charge in [0.2, 0.25) is 5.65 Å². The van der Waals surface area contributed by atoms with Crippen LogP contribution in [0.15, 0.2) is 12.4 Å². The van der Waals surface area contributed by atoms with Crippen molar-refractivity contribution in [1.82, 2.24) is 24.7 Å². The topological polar surface area (TPSA) is 49.6 Å². The summed E-state index contributed by atoms with van der Waals surface area (Å²) in [7, 11) is 4.37. The van der Waals surface area contributed by atoms with Gasteiger partial charge in [-0.25, -0.2) is 0 Å². The number of hydrogen-bond donors (Lipinski definition) is 0. The Balaban J connectivity index is 1.89. The molecule has 1 aliphatic heterocycles. The van der Waals surface area contributed by atoms with E-state index in [1.54, 1.807) is 10.8 Å². The third-order valence-electron chi connectivity index (χ3n) is 5.36. The van der Waals surface area contributed by atoms with Crippen molar-refractivity contribution in [2.75, 3.05) is 32.1 Å². The van der Waals surface area contributed by atoms with E-state index in [0.717, 1.165) is 30.0 Å². The van der Waals surface area contributed by atoms with Crippen LogP contribution in [-0.4, -0.2) is 57.4 Å². The molecule has 0 saturated carbocycles. The number of hydrogen-bond acceptors (Lipinski definition) is 5. The van der Waals surface area contributed by atoms with Crippen molar-refractivity contribution in [2.24, 2.45) is 5.92 Å². The molecule has 0 spiro atoms. The van der Waals surface area contributed by atoms with Crippen molar-refractivity contribution in [3.05, 3.63) is 18.1 Å². The quantitative estimate of drug-likeness (QED) is 0.863. The molecule has 0 aromatic carbocycles. The number of fused-ring (bicyclic) bond motifs is 1. The first-order valence-electron chi connectivity index (χ1n) is 8.05. The first-order valence-corrected chi connectivity index (χ1v) is 8.05. The van der Waals surface area contributed by atoms with Gasteiger partial charge in [-0.05, 0) is 52.3 Å². The fourth-order valence-electron chi connectivity index (χ4n) is 3.36. The lowest BCUT2D eigenvalue weighted by Gasteiger charge is -2.36. The molecule has 1 saturated heterocycles. The number of aromatic nitrogens is 4. The second kappa shape index (κ2) is 5.50. The van der Waals surface area contributed by atoms with Crippen molar-refractivity contribution in [3.8, 4) is 0 Å². The molecule has 3 rings (SSSR count). The van der Waals surface area contributed by atoms with Gasteiger partial charge in [0.1, 0.15) is 6.33 Å². The van der Waals surface area contributed by atoms with Crippen molar-refractivity contribution in [1.29, 1.82) is 0 Å². The van der Waals surface area contributed by atoms with Crippen LogP contribution >= 0.6 is 0 Å². The second-order valence-corrected chi connectivity index (χ2v) is 6.91. The van der Waals surface area contributed by atoms with Gasteiger partial charge in [0, 0.05) is 19.1 Å². The van der Waals surface area contributed by atoms with Crippen LogP contribution in [0, 0.1) is 5.92 Å². The maximum atomic E-state index is 4.53. The van der Waals surface area contributed by atoms with E-state index in [0.29, 0.717) is 5.92 Å². The molecular formula is C16H26N6. The van der Waals surface area contributed by atoms with Crippen molar-refractivity contribution in [3.63, 3.8) is 0 Å². The highest BCUT2D eigenvalue weighted by Gasteiger charge is 2.39. The summed E-state index contributed by atoms with van der Waals surface area (Å²) in [5.41, 5.74) is 3.26. The SMILES string of the molecule is CCc1cc(N(C)CC2CCN(C)C2(C)C)c2nncn2n1. The van der Waals surface area contributed by atoms with Crippen LogP contribution < -0.4 is 4.90 Å². The molecule has 1 aliphatic rings. The highest BCUT2D eigenvalue weighted by molar-refractivity contribution is 5.68. The van der Waals surface area contributed by atoms with Crippen LogP contribution in [0.5, 0.6) is 0 Å². The zero-order valence-electron chi connectivity index (χ0n) is 14.2. The largest absolute Gasteiger partial charge is 0.371 e. The Bertz CT molecular complexity index is 662. The normalized spacial score (nSPS) is 21.6. The fraction of sp³-hybridized carbons (Fsp3) is 0.688. The summed E-state index contributed by atoms with van der Waals surface area (Å²) >= 11 is 0. The highest BCUT2D eigenvalue weighted by atomic mass is 15.4. The summed E-state index contributed by atoms with van der Waals surface area (Å²) in [6, 6.07) is 2.15. The minimum absolute atomic E-state index is 0.235. The zero-order chi connectivity index (χ0) is 15.9. The van der Waals surface area contributed by atoms with E-state index in [2.05, 4.69) is 66.0 Å². The Kier molecular flexibility index (Phi) is 3.80. The average molecular weight is 302 g/mol. The fourth-order valence-corrected chi connectivity index (χ4v) is 3.36. The number of aryl methyl sites for hydroxylation is 1. The summed E-state index contributed by atoms with van der Waals surface area (Å²) < 4.78 is 1.79. The third kappa shape index (κ3) is 2.45. The molecular weight excluding hydrogens is 276 g/mol. The predicted molar refractivity (Wildman–Crippen MR) is 88.2 cm³/mol. The van der Waals surface area contributed by atoms with E-state index in [1.165, 1.54) is 13.0 Å². The second-order valence-electron chi connectivity index (χ2n) is 6.91. The highest BCUT2D eigenvalue weighted by Crippen LogP contribution is 2.34. The van der Waals surface area contributed by atoms with E-state index >= 15 is 0 Å². The van der Waals surface area contributed by atoms with Gasteiger partial charge in [0.25, 0.3) is 0 Å². The smallest absolute Gasteiger partial charge is 0.200 e. The number of rotatable bonds is 4. The van der Waals surface area contributed by atoms with Gasteiger partial charge in [-0.3, -0.25) is 0 Å². The van der Waals surface area contributed by atoms with Gasteiger partial charge >= 0.3 is 0 Å². The lowest BCUT2D eigenvalue weighted by molar-refractivity contribution is 0.175. The molecule has 1 atom stereocenters. The van der Waals surface area contributed by atoms with Gasteiger partial charge in [-0.2, -0.15) is 9.61 Å². The van der Waals surface area contributed by atoms with E-state index in [1.807, 2.05) is 0 Å². The zero-order valence-corrected chi connectivity index (χ0v) is 14.2. The Morgan fingerprint density at radius 3 is 2.82 bits per heavy atom. The molecule has 0 aliphatic carbocycles. The molecule has 1 fully saturated rings. The van der Waals surface area contributed by atoms with Gasteiger partial charge < -0.3 is 9.80 Å². The van der Waals surface area contributed by atoms with Crippen LogP contribution in [0.3, 0.4) is 0 Å². The van der Waals surface area contributed by atoms with Crippen LogP contribution in [0.1, 0.15) is 32.9 Å². The Morgan fingerprint density at radius 1 is 1.41 bits per heavy atom. The third-order valence-corrected chi connectivity index (χ3v) is 5.36. The molecule has 2 aromatic heterocycles. The number of nitrogens with zero attached hydrogens (tertiary/aromatic N) is 6. The van der Waals surface area contributed by atoms with Crippen molar-refractivity contribution < 1.29 is 0 Å². The number of anilines is 1. The standard InChI is InChI=1S/C16H26N6/c1-6-13-9-14(15-18-17-11-22(15)19-13)20(4)10-12-7-8-21(5)16(12,2)3/h9,11-12H,6-8,10H2,1-5H3. The maximum absolute atomic E-state index is 4.53. The number of likely N-dealkylation sites (tertiary alicyclic amines) is 1. The molecule has 1 unspecified atom stereocenters. The summed E-state index contributed by atoms with van der Waals surface area (Å²) in [6.45, 7) is 9.00. The summed E-state index contributed by atoms with van der Waals surface area (Å²) in [5, 5.41) is 12.8. The van der Waals surface area contributed by atoms with Crippen LogP contribution in [0.2, 0.25) is 0 Å². The molecule has 0 N–H and O–H groups in total. The van der Waals surface area contributed by atoms with Crippen molar-refractivity contribution in [2.45, 2.75) is 39.2 Å². The summed E-state index contributed by atoms with van der Waals surface area (Å²) in [5.74, 6) is 0.642. The van der Waals surface area contributed by atoms with E-state index < -0.39 is 0 Å². The predicted octanol–water partition coefficient (Wildman–Crippen LogP) is 1.85.